The van der Waals surface area contributed by atoms with Crippen LogP contribution >= 0.6 is 12.2 Å². The average molecular weight is 214 g/mol. The molecule has 0 atom stereocenters. The molecule has 0 saturated heterocycles. The second kappa shape index (κ2) is 5.54. The molecule has 0 aromatic heterocycles. The molecule has 14 heavy (non-hydrogen) atoms. The molecule has 1 aliphatic carbocycles. The Bertz CT molecular complexity index is 188. The van der Waals surface area contributed by atoms with Gasteiger partial charge >= 0.3 is 0 Å². The molecule has 0 heterocycles. The van der Waals surface area contributed by atoms with E-state index in [1.54, 1.807) is 0 Å². The van der Waals surface area contributed by atoms with Crippen LogP contribution in [-0.2, 0) is 0 Å². The second-order valence-corrected chi connectivity index (χ2v) is 4.77. The highest BCUT2D eigenvalue weighted by molar-refractivity contribution is 7.80. The second-order valence-electron chi connectivity index (χ2n) is 4.36. The van der Waals surface area contributed by atoms with Crippen LogP contribution in [0.5, 0.6) is 0 Å². The molecule has 0 aromatic carbocycles. The van der Waals surface area contributed by atoms with Crippen molar-refractivity contribution in [2.45, 2.75) is 46.0 Å². The molecule has 1 saturated carbocycles. The minimum absolute atomic E-state index is 0.590. The molecular formula is C11H22N2S. The van der Waals surface area contributed by atoms with Crippen LogP contribution in [0.1, 0.15) is 46.0 Å². The van der Waals surface area contributed by atoms with Crippen molar-refractivity contribution in [1.29, 1.82) is 0 Å². The van der Waals surface area contributed by atoms with Gasteiger partial charge in [0.25, 0.3) is 0 Å². The molecule has 1 aliphatic rings. The summed E-state index contributed by atoms with van der Waals surface area (Å²) in [5.74, 6) is 0. The van der Waals surface area contributed by atoms with Gasteiger partial charge in [0.1, 0.15) is 0 Å². The summed E-state index contributed by atoms with van der Waals surface area (Å²) in [5, 5.41) is 7.35. The maximum Gasteiger partial charge on any atom is 0.166 e. The van der Waals surface area contributed by atoms with E-state index in [0.29, 0.717) is 5.41 Å². The number of hydrogen-bond donors (Lipinski definition) is 2. The summed E-state index contributed by atoms with van der Waals surface area (Å²) < 4.78 is 0. The molecule has 2 N–H and O–H groups in total. The molecule has 0 unspecified atom stereocenters. The van der Waals surface area contributed by atoms with E-state index in [4.69, 9.17) is 12.2 Å². The quantitative estimate of drug-likeness (QED) is 0.664. The topological polar surface area (TPSA) is 24.1 Å². The molecule has 82 valence electrons. The van der Waals surface area contributed by atoms with Gasteiger partial charge in [0.05, 0.1) is 0 Å². The first-order valence-electron chi connectivity index (χ1n) is 5.74. The van der Waals surface area contributed by atoms with Crippen molar-refractivity contribution in [3.05, 3.63) is 0 Å². The zero-order chi connectivity index (χ0) is 10.4. The Morgan fingerprint density at radius 1 is 1.21 bits per heavy atom. The van der Waals surface area contributed by atoms with Crippen molar-refractivity contribution in [3.63, 3.8) is 0 Å². The molecule has 1 rings (SSSR count). The molecule has 0 radical (unpaired) electrons. The molecule has 2 nitrogen and oxygen atoms in total. The summed E-state index contributed by atoms with van der Waals surface area (Å²) >= 11 is 5.18. The van der Waals surface area contributed by atoms with E-state index in [-0.39, 0.29) is 0 Å². The summed E-state index contributed by atoms with van der Waals surface area (Å²) in [6.45, 7) is 6.45. The van der Waals surface area contributed by atoms with Gasteiger partial charge in [-0.25, -0.2) is 0 Å². The molecule has 0 aliphatic heterocycles. The highest BCUT2D eigenvalue weighted by atomic mass is 32.1. The van der Waals surface area contributed by atoms with Crippen LogP contribution < -0.4 is 10.6 Å². The summed E-state index contributed by atoms with van der Waals surface area (Å²) in [6, 6.07) is 0. The van der Waals surface area contributed by atoms with E-state index in [1.807, 2.05) is 0 Å². The molecule has 3 heteroatoms. The van der Waals surface area contributed by atoms with Crippen LogP contribution in [0.25, 0.3) is 0 Å². The predicted octanol–water partition coefficient (Wildman–Crippen LogP) is 2.44. The standard InChI is InChI=1S/C11H22N2S/c1-3-5-11(6-7-11)9-13-10(14)12-8-4-2/h3-9H2,1-2H3,(H2,12,13,14). The smallest absolute Gasteiger partial charge is 0.166 e. The fourth-order valence-corrected chi connectivity index (χ4v) is 1.97. The highest BCUT2D eigenvalue weighted by Gasteiger charge is 2.41. The summed E-state index contributed by atoms with van der Waals surface area (Å²) in [7, 11) is 0. The minimum atomic E-state index is 0.590. The minimum Gasteiger partial charge on any atom is -0.363 e. The van der Waals surface area contributed by atoms with E-state index in [0.717, 1.165) is 24.6 Å². The SMILES string of the molecule is CCCNC(=S)NCC1(CCC)CC1. The van der Waals surface area contributed by atoms with Crippen LogP contribution in [0.2, 0.25) is 0 Å². The number of thiocarbonyl (C=S) groups is 1. The van der Waals surface area contributed by atoms with E-state index < -0.39 is 0 Å². The van der Waals surface area contributed by atoms with Crippen LogP contribution in [0.3, 0.4) is 0 Å². The van der Waals surface area contributed by atoms with Crippen molar-refractivity contribution in [2.24, 2.45) is 5.41 Å². The van der Waals surface area contributed by atoms with Gasteiger partial charge in [-0.15, -0.1) is 0 Å². The lowest BCUT2D eigenvalue weighted by Gasteiger charge is -2.16. The Hall–Kier alpha value is -0.310. The molecule has 0 amide bonds. The number of nitrogens with one attached hydrogen (secondary N) is 2. The van der Waals surface area contributed by atoms with Crippen LogP contribution in [0.4, 0.5) is 0 Å². The largest absolute Gasteiger partial charge is 0.363 e. The maximum absolute atomic E-state index is 5.18. The number of rotatable bonds is 6. The Morgan fingerprint density at radius 2 is 1.93 bits per heavy atom. The zero-order valence-corrected chi connectivity index (χ0v) is 10.2. The van der Waals surface area contributed by atoms with E-state index in [9.17, 15) is 0 Å². The third kappa shape index (κ3) is 3.82. The summed E-state index contributed by atoms with van der Waals surface area (Å²) in [5.41, 5.74) is 0.590. The monoisotopic (exact) mass is 214 g/mol. The van der Waals surface area contributed by atoms with E-state index in [2.05, 4.69) is 24.5 Å². The first-order valence-corrected chi connectivity index (χ1v) is 6.15. The van der Waals surface area contributed by atoms with Gasteiger partial charge in [-0.1, -0.05) is 20.3 Å². The lowest BCUT2D eigenvalue weighted by molar-refractivity contribution is 0.451. The average Bonchev–Trinajstić information content (AvgIpc) is 2.93. The Balaban J connectivity index is 2.10. The lowest BCUT2D eigenvalue weighted by atomic mass is 10.0. The maximum atomic E-state index is 5.18. The molecule has 0 bridgehead atoms. The third-order valence-corrected chi connectivity index (χ3v) is 3.19. The first-order chi connectivity index (χ1) is 6.72. The van der Waals surface area contributed by atoms with Gasteiger partial charge < -0.3 is 10.6 Å². The number of hydrogen-bond acceptors (Lipinski definition) is 1. The van der Waals surface area contributed by atoms with Gasteiger partial charge in [-0.2, -0.15) is 0 Å². The fraction of sp³-hybridized carbons (Fsp3) is 0.909. The fourth-order valence-electron chi connectivity index (χ4n) is 1.79. The summed E-state index contributed by atoms with van der Waals surface area (Å²) in [6.07, 6.45) is 6.52. The Kier molecular flexibility index (Phi) is 4.66. The van der Waals surface area contributed by atoms with Crippen LogP contribution in [0.15, 0.2) is 0 Å². The predicted molar refractivity (Wildman–Crippen MR) is 65.5 cm³/mol. The Labute approximate surface area is 92.8 Å². The highest BCUT2D eigenvalue weighted by Crippen LogP contribution is 2.48. The molecule has 0 spiro atoms. The zero-order valence-electron chi connectivity index (χ0n) is 9.36. The van der Waals surface area contributed by atoms with Gasteiger partial charge in [0.15, 0.2) is 5.11 Å². The van der Waals surface area contributed by atoms with E-state index >= 15 is 0 Å². The molecule has 0 aromatic rings. The van der Waals surface area contributed by atoms with Gasteiger partial charge in [0, 0.05) is 13.1 Å². The van der Waals surface area contributed by atoms with Crippen molar-refractivity contribution in [1.82, 2.24) is 10.6 Å². The molecular weight excluding hydrogens is 192 g/mol. The lowest BCUT2D eigenvalue weighted by Crippen LogP contribution is -2.38. The van der Waals surface area contributed by atoms with Crippen molar-refractivity contribution in [3.8, 4) is 0 Å². The van der Waals surface area contributed by atoms with Crippen molar-refractivity contribution in [2.75, 3.05) is 13.1 Å². The van der Waals surface area contributed by atoms with Gasteiger partial charge in [-0.3, -0.25) is 0 Å². The third-order valence-electron chi connectivity index (χ3n) is 2.90. The Morgan fingerprint density at radius 3 is 2.43 bits per heavy atom. The normalized spacial score (nSPS) is 17.6. The summed E-state index contributed by atoms with van der Waals surface area (Å²) in [4.78, 5) is 0. The van der Waals surface area contributed by atoms with Crippen LogP contribution in [0, 0.1) is 5.41 Å². The first kappa shape index (κ1) is 11.8. The van der Waals surface area contributed by atoms with Crippen LogP contribution in [-0.4, -0.2) is 18.2 Å². The van der Waals surface area contributed by atoms with E-state index in [1.165, 1.54) is 25.7 Å². The van der Waals surface area contributed by atoms with Gasteiger partial charge in [-0.05, 0) is 43.3 Å². The van der Waals surface area contributed by atoms with Gasteiger partial charge in [0.2, 0.25) is 0 Å². The molecule has 1 fully saturated rings. The van der Waals surface area contributed by atoms with Crippen molar-refractivity contribution >= 4 is 17.3 Å². The van der Waals surface area contributed by atoms with Crippen molar-refractivity contribution < 1.29 is 0 Å².